The van der Waals surface area contributed by atoms with Crippen LogP contribution >= 0.6 is 0 Å². The average molecular weight is 413 g/mol. The molecule has 2 heterocycles. The third kappa shape index (κ3) is 4.00. The van der Waals surface area contributed by atoms with Gasteiger partial charge in [-0.15, -0.1) is 0 Å². The predicted molar refractivity (Wildman–Crippen MR) is 105 cm³/mol. The Hall–Kier alpha value is -1.75. The van der Waals surface area contributed by atoms with Crippen LogP contribution in [-0.4, -0.2) is 84.8 Å². The molecule has 0 radical (unpaired) electrons. The molecule has 0 aromatic carbocycles. The lowest BCUT2D eigenvalue weighted by molar-refractivity contribution is -0.0560. The molecule has 0 spiro atoms. The first kappa shape index (κ1) is 21.0. The van der Waals surface area contributed by atoms with Crippen LogP contribution < -0.4 is 0 Å². The van der Waals surface area contributed by atoms with Crippen LogP contribution in [0.3, 0.4) is 0 Å². The second-order valence-corrected chi connectivity index (χ2v) is 9.55. The van der Waals surface area contributed by atoms with Gasteiger partial charge >= 0.3 is 0 Å². The summed E-state index contributed by atoms with van der Waals surface area (Å²) < 4.78 is 39.0. The van der Waals surface area contributed by atoms with Crippen molar-refractivity contribution in [3.8, 4) is 0 Å². The SMILES string of the molecule is CC1CN(C2=CC=C(S(=O)(=O)N3CC(C)OC(C)C3)/C(=N/O)C2=N)CC(C)O1. The van der Waals surface area contributed by atoms with E-state index in [2.05, 4.69) is 5.16 Å². The van der Waals surface area contributed by atoms with Gasteiger partial charge in [-0.25, -0.2) is 8.42 Å². The molecule has 3 aliphatic rings. The van der Waals surface area contributed by atoms with E-state index in [1.165, 1.54) is 10.4 Å². The van der Waals surface area contributed by atoms with Crippen LogP contribution in [0.15, 0.2) is 27.9 Å². The number of nitrogens with zero attached hydrogens (tertiary/aromatic N) is 3. The highest BCUT2D eigenvalue weighted by Gasteiger charge is 2.39. The topological polar surface area (TPSA) is 116 Å². The summed E-state index contributed by atoms with van der Waals surface area (Å²) in [6.45, 7) is 9.10. The summed E-state index contributed by atoms with van der Waals surface area (Å²) in [4.78, 5) is 1.80. The standard InChI is InChI=1S/C18H28N4O5S/c1-11-7-21(8-12(2)26-11)15-5-6-16(18(20-23)17(15)19)28(24,25)22-9-13(3)27-14(4)10-22/h5-6,11-14,19,23H,7-10H2,1-4H3/b19-17?,20-18-. The Morgan fingerprint density at radius 2 is 1.50 bits per heavy atom. The van der Waals surface area contributed by atoms with Gasteiger partial charge in [0.05, 0.1) is 30.1 Å². The molecule has 9 nitrogen and oxygen atoms in total. The largest absolute Gasteiger partial charge is 0.410 e. The van der Waals surface area contributed by atoms with Crippen molar-refractivity contribution in [1.82, 2.24) is 9.21 Å². The van der Waals surface area contributed by atoms with E-state index in [1.54, 1.807) is 6.08 Å². The van der Waals surface area contributed by atoms with Crippen molar-refractivity contribution in [2.75, 3.05) is 26.2 Å². The van der Waals surface area contributed by atoms with Gasteiger partial charge in [-0.3, -0.25) is 5.41 Å². The Balaban J connectivity index is 1.94. The lowest BCUT2D eigenvalue weighted by Crippen LogP contribution is -2.50. The van der Waals surface area contributed by atoms with Gasteiger partial charge in [-0.1, -0.05) is 5.16 Å². The smallest absolute Gasteiger partial charge is 0.245 e. The van der Waals surface area contributed by atoms with Crippen molar-refractivity contribution in [2.24, 2.45) is 5.16 Å². The molecule has 2 saturated heterocycles. The molecule has 2 aliphatic heterocycles. The molecule has 0 aromatic rings. The summed E-state index contributed by atoms with van der Waals surface area (Å²) in [7, 11) is -3.93. The van der Waals surface area contributed by atoms with Crippen LogP contribution in [0, 0.1) is 5.41 Å². The number of hydrogen-bond donors (Lipinski definition) is 2. The number of rotatable bonds is 3. The van der Waals surface area contributed by atoms with Crippen molar-refractivity contribution < 1.29 is 23.1 Å². The van der Waals surface area contributed by atoms with Crippen LogP contribution in [0.5, 0.6) is 0 Å². The van der Waals surface area contributed by atoms with E-state index in [9.17, 15) is 13.6 Å². The summed E-state index contributed by atoms with van der Waals surface area (Å²) in [5, 5.41) is 21.2. The predicted octanol–water partition coefficient (Wildman–Crippen LogP) is 1.17. The van der Waals surface area contributed by atoms with E-state index in [0.717, 1.165) is 0 Å². The Labute approximate surface area is 165 Å². The first-order valence-corrected chi connectivity index (χ1v) is 10.9. The van der Waals surface area contributed by atoms with Gasteiger partial charge in [0.25, 0.3) is 0 Å². The van der Waals surface area contributed by atoms with Crippen molar-refractivity contribution in [1.29, 1.82) is 5.41 Å². The molecule has 0 saturated carbocycles. The Morgan fingerprint density at radius 3 is 2.00 bits per heavy atom. The van der Waals surface area contributed by atoms with Gasteiger partial charge in [-0.05, 0) is 39.8 Å². The number of morpholine rings is 2. The molecule has 0 bridgehead atoms. The first-order chi connectivity index (χ1) is 13.1. The van der Waals surface area contributed by atoms with Crippen LogP contribution in [-0.2, 0) is 19.5 Å². The van der Waals surface area contributed by atoms with Crippen LogP contribution in [0.1, 0.15) is 27.7 Å². The number of nitrogens with one attached hydrogen (secondary N) is 1. The van der Waals surface area contributed by atoms with Crippen molar-refractivity contribution >= 4 is 21.4 Å². The van der Waals surface area contributed by atoms with Crippen molar-refractivity contribution in [3.63, 3.8) is 0 Å². The van der Waals surface area contributed by atoms with E-state index in [4.69, 9.17) is 14.9 Å². The number of sulfonamides is 1. The van der Waals surface area contributed by atoms with Gasteiger partial charge in [0.15, 0.2) is 0 Å². The van der Waals surface area contributed by atoms with E-state index in [0.29, 0.717) is 18.8 Å². The van der Waals surface area contributed by atoms with Gasteiger partial charge < -0.3 is 19.6 Å². The second-order valence-electron chi connectivity index (χ2n) is 7.65. The van der Waals surface area contributed by atoms with E-state index < -0.39 is 10.0 Å². The van der Waals surface area contributed by atoms with Crippen molar-refractivity contribution in [3.05, 3.63) is 22.8 Å². The average Bonchev–Trinajstić information content (AvgIpc) is 2.59. The lowest BCUT2D eigenvalue weighted by Gasteiger charge is -2.39. The summed E-state index contributed by atoms with van der Waals surface area (Å²) in [6, 6.07) is 0. The number of hydrogen-bond acceptors (Lipinski definition) is 8. The third-order valence-electron chi connectivity index (χ3n) is 4.98. The molecule has 156 valence electrons. The molecule has 4 atom stereocenters. The molecule has 4 unspecified atom stereocenters. The Kier molecular flexibility index (Phi) is 5.95. The highest BCUT2D eigenvalue weighted by Crippen LogP contribution is 2.27. The quantitative estimate of drug-likeness (QED) is 0.408. The maximum absolute atomic E-state index is 13.2. The Morgan fingerprint density at radius 1 is 1.00 bits per heavy atom. The van der Waals surface area contributed by atoms with E-state index >= 15 is 0 Å². The van der Waals surface area contributed by atoms with Crippen LogP contribution in [0.2, 0.25) is 0 Å². The van der Waals surface area contributed by atoms with Crippen LogP contribution in [0.4, 0.5) is 0 Å². The van der Waals surface area contributed by atoms with E-state index in [1.807, 2.05) is 32.6 Å². The maximum atomic E-state index is 13.2. The summed E-state index contributed by atoms with van der Waals surface area (Å²) in [6.07, 6.45) is 2.53. The number of oxime groups is 1. The highest BCUT2D eigenvalue weighted by atomic mass is 32.2. The molecule has 2 fully saturated rings. The summed E-state index contributed by atoms with van der Waals surface area (Å²) in [5.74, 6) is 0. The molecule has 28 heavy (non-hydrogen) atoms. The molecule has 2 N–H and O–H groups in total. The summed E-state index contributed by atoms with van der Waals surface area (Å²) >= 11 is 0. The maximum Gasteiger partial charge on any atom is 0.245 e. The zero-order chi connectivity index (χ0) is 20.6. The van der Waals surface area contributed by atoms with Gasteiger partial charge in [0.1, 0.15) is 16.3 Å². The molecular formula is C18H28N4O5S. The fourth-order valence-electron chi connectivity index (χ4n) is 3.97. The van der Waals surface area contributed by atoms with Crippen LogP contribution in [0.25, 0.3) is 0 Å². The fraction of sp³-hybridized carbons (Fsp3) is 0.667. The number of allylic oxidation sites excluding steroid dienone is 4. The highest BCUT2D eigenvalue weighted by molar-refractivity contribution is 7.94. The molecule has 10 heteroatoms. The van der Waals surface area contributed by atoms with E-state index in [-0.39, 0.29) is 53.8 Å². The summed E-state index contributed by atoms with van der Waals surface area (Å²) in [5.41, 5.74) is 0.174. The minimum Gasteiger partial charge on any atom is -0.410 e. The molecule has 0 aromatic heterocycles. The molecule has 1 aliphatic carbocycles. The Bertz CT molecular complexity index is 815. The molecule has 0 amide bonds. The van der Waals surface area contributed by atoms with Gasteiger partial charge in [0.2, 0.25) is 10.0 Å². The normalized spacial score (nSPS) is 34.4. The lowest BCUT2D eigenvalue weighted by atomic mass is 10.0. The monoisotopic (exact) mass is 412 g/mol. The minimum absolute atomic E-state index is 0.0163. The molecular weight excluding hydrogens is 384 g/mol. The molecule has 3 rings (SSSR count). The third-order valence-corrected chi connectivity index (χ3v) is 6.85. The minimum atomic E-state index is -3.93. The second kappa shape index (κ2) is 7.94. The van der Waals surface area contributed by atoms with Gasteiger partial charge in [0, 0.05) is 26.2 Å². The fourth-order valence-corrected chi connectivity index (χ4v) is 5.69. The number of ether oxygens (including phenoxy) is 2. The van der Waals surface area contributed by atoms with Gasteiger partial charge in [-0.2, -0.15) is 4.31 Å². The zero-order valence-electron chi connectivity index (χ0n) is 16.6. The van der Waals surface area contributed by atoms with Crippen molar-refractivity contribution in [2.45, 2.75) is 52.1 Å². The first-order valence-electron chi connectivity index (χ1n) is 9.43. The zero-order valence-corrected chi connectivity index (χ0v) is 17.4.